The van der Waals surface area contributed by atoms with Crippen LogP contribution in [0.1, 0.15) is 47.1 Å². The lowest BCUT2D eigenvalue weighted by Gasteiger charge is -2.34. The molecule has 1 amide bonds. The van der Waals surface area contributed by atoms with Gasteiger partial charge in [-0.1, -0.05) is 18.6 Å². The van der Waals surface area contributed by atoms with Crippen LogP contribution in [0.25, 0.3) is 10.9 Å². The van der Waals surface area contributed by atoms with E-state index in [1.54, 1.807) is 24.4 Å². The van der Waals surface area contributed by atoms with Gasteiger partial charge in [0, 0.05) is 41.6 Å². The SMILES string of the molecule is O=C(NCC(c1cnc(C(F)(F)F)nc1)N1CCCCC1)c1cccc2ncccc12. The molecule has 6 nitrogen and oxygen atoms in total. The Balaban J connectivity index is 1.55. The van der Waals surface area contributed by atoms with Crippen molar-refractivity contribution >= 4 is 16.8 Å². The fourth-order valence-corrected chi connectivity index (χ4v) is 3.93. The van der Waals surface area contributed by atoms with Crippen LogP contribution < -0.4 is 5.32 Å². The molecule has 9 heteroatoms. The largest absolute Gasteiger partial charge is 0.451 e. The van der Waals surface area contributed by atoms with E-state index in [-0.39, 0.29) is 18.5 Å². The second kappa shape index (κ2) is 8.97. The first-order valence-corrected chi connectivity index (χ1v) is 10.2. The summed E-state index contributed by atoms with van der Waals surface area (Å²) < 4.78 is 38.5. The van der Waals surface area contributed by atoms with Gasteiger partial charge in [0.15, 0.2) is 0 Å². The third-order valence-corrected chi connectivity index (χ3v) is 5.49. The van der Waals surface area contributed by atoms with Crippen molar-refractivity contribution in [3.05, 3.63) is 65.9 Å². The van der Waals surface area contributed by atoms with Gasteiger partial charge in [0.05, 0.1) is 11.6 Å². The van der Waals surface area contributed by atoms with E-state index < -0.39 is 12.0 Å². The molecule has 162 valence electrons. The summed E-state index contributed by atoms with van der Waals surface area (Å²) >= 11 is 0. The molecule has 4 rings (SSSR count). The summed E-state index contributed by atoms with van der Waals surface area (Å²) in [5.74, 6) is -1.42. The minimum Gasteiger partial charge on any atom is -0.350 e. The molecule has 1 aromatic carbocycles. The summed E-state index contributed by atoms with van der Waals surface area (Å²) in [5.41, 5.74) is 1.78. The van der Waals surface area contributed by atoms with Crippen LogP contribution in [-0.4, -0.2) is 45.4 Å². The van der Waals surface area contributed by atoms with Gasteiger partial charge >= 0.3 is 6.18 Å². The van der Waals surface area contributed by atoms with Gasteiger partial charge in [0.2, 0.25) is 5.82 Å². The Hall–Kier alpha value is -3.07. The van der Waals surface area contributed by atoms with Gasteiger partial charge in [-0.15, -0.1) is 0 Å². The summed E-state index contributed by atoms with van der Waals surface area (Å²) in [4.78, 5) is 26.4. The van der Waals surface area contributed by atoms with Gasteiger partial charge < -0.3 is 5.32 Å². The maximum absolute atomic E-state index is 12.9. The highest BCUT2D eigenvalue weighted by atomic mass is 19.4. The van der Waals surface area contributed by atoms with Gasteiger partial charge in [-0.05, 0) is 44.1 Å². The first-order valence-electron chi connectivity index (χ1n) is 10.2. The summed E-state index contributed by atoms with van der Waals surface area (Å²) in [6, 6.07) is 8.65. The molecule has 1 N–H and O–H groups in total. The number of alkyl halides is 3. The molecule has 0 bridgehead atoms. The molecule has 3 heterocycles. The Morgan fingerprint density at radius 2 is 1.77 bits per heavy atom. The average molecular weight is 429 g/mol. The average Bonchev–Trinajstić information content (AvgIpc) is 2.79. The molecule has 1 fully saturated rings. The number of nitrogens with one attached hydrogen (secondary N) is 1. The topological polar surface area (TPSA) is 71.0 Å². The van der Waals surface area contributed by atoms with Gasteiger partial charge in [-0.3, -0.25) is 14.7 Å². The van der Waals surface area contributed by atoms with Crippen LogP contribution in [-0.2, 0) is 6.18 Å². The molecule has 3 aromatic rings. The highest BCUT2D eigenvalue weighted by Crippen LogP contribution is 2.28. The van der Waals surface area contributed by atoms with Crippen LogP contribution in [0.3, 0.4) is 0 Å². The Kier molecular flexibility index (Phi) is 6.13. The van der Waals surface area contributed by atoms with Crippen LogP contribution >= 0.6 is 0 Å². The zero-order valence-corrected chi connectivity index (χ0v) is 16.8. The monoisotopic (exact) mass is 429 g/mol. The smallest absolute Gasteiger partial charge is 0.350 e. The maximum Gasteiger partial charge on any atom is 0.451 e. The number of piperidine rings is 1. The van der Waals surface area contributed by atoms with Crippen molar-refractivity contribution < 1.29 is 18.0 Å². The van der Waals surface area contributed by atoms with E-state index in [0.717, 1.165) is 43.3 Å². The molecule has 0 aliphatic carbocycles. The molecular weight excluding hydrogens is 407 g/mol. The number of pyridine rings is 1. The number of fused-ring (bicyclic) bond motifs is 1. The normalized spacial score (nSPS) is 16.2. The van der Waals surface area contributed by atoms with Crippen molar-refractivity contribution in [3.8, 4) is 0 Å². The predicted octanol–water partition coefficient (Wildman–Crippen LogP) is 4.00. The van der Waals surface area contributed by atoms with Crippen molar-refractivity contribution in [3.63, 3.8) is 0 Å². The Labute approximate surface area is 177 Å². The van der Waals surface area contributed by atoms with Gasteiger partial charge in [0.25, 0.3) is 5.91 Å². The van der Waals surface area contributed by atoms with Crippen molar-refractivity contribution in [2.75, 3.05) is 19.6 Å². The van der Waals surface area contributed by atoms with E-state index in [4.69, 9.17) is 0 Å². The van der Waals surface area contributed by atoms with Gasteiger partial charge in [-0.2, -0.15) is 13.2 Å². The second-order valence-electron chi connectivity index (χ2n) is 7.54. The Bertz CT molecular complexity index is 1040. The van der Waals surface area contributed by atoms with Crippen molar-refractivity contribution in [1.82, 2.24) is 25.2 Å². The quantitative estimate of drug-likeness (QED) is 0.664. The van der Waals surface area contributed by atoms with Gasteiger partial charge in [0.1, 0.15) is 0 Å². The number of nitrogens with zero attached hydrogens (tertiary/aromatic N) is 4. The molecular formula is C22H22F3N5O. The van der Waals surface area contributed by atoms with E-state index in [1.165, 1.54) is 12.4 Å². The first-order chi connectivity index (χ1) is 14.9. The standard InChI is InChI=1S/C22H22F3N5O/c23-22(24,25)21-28-12-15(13-29-21)19(30-10-2-1-3-11-30)14-27-20(31)17-6-4-8-18-16(17)7-5-9-26-18/h4-9,12-13,19H,1-3,10-11,14H2,(H,27,31). The lowest BCUT2D eigenvalue weighted by atomic mass is 10.0. The molecule has 2 aromatic heterocycles. The number of hydrogen-bond donors (Lipinski definition) is 1. The number of benzene rings is 1. The number of carbonyl (C=O) groups excluding carboxylic acids is 1. The van der Waals surface area contributed by atoms with Crippen LogP contribution in [0.4, 0.5) is 13.2 Å². The molecule has 31 heavy (non-hydrogen) atoms. The lowest BCUT2D eigenvalue weighted by Crippen LogP contribution is -2.40. The molecule has 1 saturated heterocycles. The fraction of sp³-hybridized carbons (Fsp3) is 0.364. The number of amides is 1. The van der Waals surface area contributed by atoms with E-state index in [2.05, 4.69) is 25.2 Å². The predicted molar refractivity (Wildman–Crippen MR) is 109 cm³/mol. The van der Waals surface area contributed by atoms with Crippen LogP contribution in [0.5, 0.6) is 0 Å². The molecule has 0 saturated carbocycles. The number of aromatic nitrogens is 3. The minimum atomic E-state index is -4.59. The van der Waals surface area contributed by atoms with Crippen LogP contribution in [0, 0.1) is 0 Å². The zero-order chi connectivity index (χ0) is 21.8. The Morgan fingerprint density at radius 3 is 2.48 bits per heavy atom. The summed E-state index contributed by atoms with van der Waals surface area (Å²) in [6.07, 6.45) is 2.62. The number of carbonyl (C=O) groups is 1. The molecule has 1 aliphatic heterocycles. The van der Waals surface area contributed by atoms with E-state index >= 15 is 0 Å². The number of likely N-dealkylation sites (tertiary alicyclic amines) is 1. The molecule has 1 atom stereocenters. The van der Waals surface area contributed by atoms with Gasteiger partial charge in [-0.25, -0.2) is 9.97 Å². The van der Waals surface area contributed by atoms with E-state index in [0.29, 0.717) is 11.1 Å². The molecule has 0 radical (unpaired) electrons. The summed E-state index contributed by atoms with van der Waals surface area (Å²) in [5, 5.41) is 3.69. The highest BCUT2D eigenvalue weighted by Gasteiger charge is 2.35. The highest BCUT2D eigenvalue weighted by molar-refractivity contribution is 6.06. The van der Waals surface area contributed by atoms with E-state index in [9.17, 15) is 18.0 Å². The summed E-state index contributed by atoms with van der Waals surface area (Å²) in [6.45, 7) is 1.85. The van der Waals surface area contributed by atoms with Crippen molar-refractivity contribution in [1.29, 1.82) is 0 Å². The maximum atomic E-state index is 12.9. The van der Waals surface area contributed by atoms with E-state index in [1.807, 2.05) is 12.1 Å². The minimum absolute atomic E-state index is 0.240. The van der Waals surface area contributed by atoms with Crippen molar-refractivity contribution in [2.24, 2.45) is 0 Å². The lowest BCUT2D eigenvalue weighted by molar-refractivity contribution is -0.145. The fourth-order valence-electron chi connectivity index (χ4n) is 3.93. The van der Waals surface area contributed by atoms with Crippen LogP contribution in [0.2, 0.25) is 0 Å². The van der Waals surface area contributed by atoms with Crippen molar-refractivity contribution in [2.45, 2.75) is 31.5 Å². The van der Waals surface area contributed by atoms with Crippen LogP contribution in [0.15, 0.2) is 48.9 Å². The second-order valence-corrected chi connectivity index (χ2v) is 7.54. The molecule has 0 spiro atoms. The molecule has 1 unspecified atom stereocenters. The number of hydrogen-bond acceptors (Lipinski definition) is 5. The summed E-state index contributed by atoms with van der Waals surface area (Å²) in [7, 11) is 0. The third-order valence-electron chi connectivity index (χ3n) is 5.49. The number of rotatable bonds is 5. The molecule has 1 aliphatic rings. The first kappa shape index (κ1) is 21.2. The Morgan fingerprint density at radius 1 is 1.03 bits per heavy atom. The zero-order valence-electron chi connectivity index (χ0n) is 16.8. The third kappa shape index (κ3) is 4.82. The number of halogens is 3.